The summed E-state index contributed by atoms with van der Waals surface area (Å²) in [7, 11) is 4.05. The summed E-state index contributed by atoms with van der Waals surface area (Å²) in [4.78, 5) is 0. The maximum absolute atomic E-state index is 4.23. The molecule has 1 aromatic rings. The summed E-state index contributed by atoms with van der Waals surface area (Å²) in [6, 6.07) is 0.611. The molecule has 18 heavy (non-hydrogen) atoms. The van der Waals surface area contributed by atoms with Crippen molar-refractivity contribution in [1.82, 2.24) is 20.3 Å². The van der Waals surface area contributed by atoms with Gasteiger partial charge in [0.1, 0.15) is 0 Å². The Hall–Kier alpha value is -0.900. The van der Waals surface area contributed by atoms with E-state index in [0.717, 1.165) is 41.7 Å². The van der Waals surface area contributed by atoms with Crippen LogP contribution in [0.3, 0.4) is 0 Å². The van der Waals surface area contributed by atoms with E-state index in [1.165, 1.54) is 19.3 Å². The van der Waals surface area contributed by atoms with Crippen molar-refractivity contribution in [3.63, 3.8) is 0 Å². The highest BCUT2D eigenvalue weighted by Crippen LogP contribution is 2.70. The van der Waals surface area contributed by atoms with Gasteiger partial charge in [0.25, 0.3) is 0 Å². The second kappa shape index (κ2) is 3.80. The molecule has 1 aromatic heterocycles. The Morgan fingerprint density at radius 1 is 1.39 bits per heavy atom. The molecule has 0 spiro atoms. The Kier molecular flexibility index (Phi) is 2.31. The molecule has 0 radical (unpaired) electrons. The normalized spacial score (nSPS) is 42.0. The van der Waals surface area contributed by atoms with E-state index in [2.05, 4.69) is 28.9 Å². The monoisotopic (exact) mass is 246 g/mol. The summed E-state index contributed by atoms with van der Waals surface area (Å²) in [6.45, 7) is 0. The molecule has 3 aliphatic rings. The molecule has 1 N–H and O–H groups in total. The summed E-state index contributed by atoms with van der Waals surface area (Å²) in [5, 5.41) is 11.8. The van der Waals surface area contributed by atoms with Crippen LogP contribution in [0.15, 0.2) is 6.20 Å². The molecule has 2 bridgehead atoms. The lowest BCUT2D eigenvalue weighted by molar-refractivity contribution is 0.375. The average Bonchev–Trinajstić information content (AvgIpc) is 2.71. The van der Waals surface area contributed by atoms with Crippen molar-refractivity contribution in [2.75, 3.05) is 7.05 Å². The van der Waals surface area contributed by atoms with Crippen LogP contribution in [0, 0.1) is 29.6 Å². The van der Waals surface area contributed by atoms with Gasteiger partial charge in [-0.1, -0.05) is 5.21 Å². The van der Waals surface area contributed by atoms with Gasteiger partial charge in [-0.05, 0) is 55.9 Å². The van der Waals surface area contributed by atoms with Crippen LogP contribution in [-0.4, -0.2) is 28.1 Å². The summed E-state index contributed by atoms with van der Waals surface area (Å²) in [5.41, 5.74) is 1.13. The number of nitrogens with one attached hydrogen (secondary N) is 1. The minimum absolute atomic E-state index is 0.611. The lowest BCUT2D eigenvalue weighted by Crippen LogP contribution is -2.32. The van der Waals surface area contributed by atoms with Crippen LogP contribution in [0.2, 0.25) is 0 Å². The number of rotatable bonds is 4. The smallest absolute Gasteiger partial charge is 0.0842 e. The summed E-state index contributed by atoms with van der Waals surface area (Å²) < 4.78 is 1.81. The van der Waals surface area contributed by atoms with Gasteiger partial charge >= 0.3 is 0 Å². The van der Waals surface area contributed by atoms with Crippen molar-refractivity contribution in [3.05, 3.63) is 11.9 Å². The third kappa shape index (κ3) is 1.48. The fourth-order valence-electron chi connectivity index (χ4n) is 5.08. The van der Waals surface area contributed by atoms with Crippen molar-refractivity contribution in [3.8, 4) is 0 Å². The van der Waals surface area contributed by atoms with Crippen molar-refractivity contribution in [1.29, 1.82) is 0 Å². The number of aromatic nitrogens is 3. The predicted octanol–water partition coefficient (Wildman–Crippen LogP) is 1.24. The minimum Gasteiger partial charge on any atom is -0.316 e. The van der Waals surface area contributed by atoms with Gasteiger partial charge in [-0.15, -0.1) is 5.10 Å². The predicted molar refractivity (Wildman–Crippen MR) is 68.9 cm³/mol. The van der Waals surface area contributed by atoms with Gasteiger partial charge in [-0.2, -0.15) is 0 Å². The molecule has 3 aliphatic carbocycles. The van der Waals surface area contributed by atoms with Crippen molar-refractivity contribution in [2.45, 2.75) is 31.7 Å². The first-order valence-electron chi connectivity index (χ1n) is 7.30. The lowest BCUT2D eigenvalue weighted by Gasteiger charge is -2.18. The van der Waals surface area contributed by atoms with E-state index in [1.807, 2.05) is 7.05 Å². The maximum atomic E-state index is 4.23. The Morgan fingerprint density at radius 3 is 2.67 bits per heavy atom. The van der Waals surface area contributed by atoms with Gasteiger partial charge < -0.3 is 5.32 Å². The van der Waals surface area contributed by atoms with Crippen molar-refractivity contribution < 1.29 is 0 Å². The molecule has 3 saturated carbocycles. The highest BCUT2D eigenvalue weighted by atomic mass is 15.4. The third-order valence-corrected chi connectivity index (χ3v) is 5.71. The van der Waals surface area contributed by atoms with Crippen LogP contribution in [0.1, 0.15) is 25.0 Å². The molecule has 4 heteroatoms. The molecule has 0 aliphatic heterocycles. The quantitative estimate of drug-likeness (QED) is 0.869. The number of fused-ring (bicyclic) bond motifs is 5. The second-order valence-corrected chi connectivity index (χ2v) is 6.55. The van der Waals surface area contributed by atoms with Crippen LogP contribution >= 0.6 is 0 Å². The van der Waals surface area contributed by atoms with E-state index in [1.54, 1.807) is 4.68 Å². The summed E-state index contributed by atoms with van der Waals surface area (Å²) in [6.07, 6.45) is 7.64. The number of aryl methyl sites for hydroxylation is 1. The lowest BCUT2D eigenvalue weighted by atomic mass is 9.95. The molecule has 5 unspecified atom stereocenters. The van der Waals surface area contributed by atoms with E-state index in [-0.39, 0.29) is 0 Å². The zero-order chi connectivity index (χ0) is 12.3. The van der Waals surface area contributed by atoms with Gasteiger partial charge in [0.2, 0.25) is 0 Å². The standard InChI is InChI=1S/C14H22N4/c1-15-11(6-10-7-18(2)17-16-10)14-12-8-3-4-9(5-8)13(12)14/h7-9,11-15H,3-6H2,1-2H3. The second-order valence-electron chi connectivity index (χ2n) is 6.55. The van der Waals surface area contributed by atoms with Crippen LogP contribution in [0.25, 0.3) is 0 Å². The van der Waals surface area contributed by atoms with Crippen LogP contribution in [0.4, 0.5) is 0 Å². The Morgan fingerprint density at radius 2 is 2.11 bits per heavy atom. The molecule has 4 nitrogen and oxygen atoms in total. The zero-order valence-corrected chi connectivity index (χ0v) is 11.2. The number of hydrogen-bond acceptors (Lipinski definition) is 3. The molecule has 0 saturated heterocycles. The molecular formula is C14H22N4. The van der Waals surface area contributed by atoms with Gasteiger partial charge in [0.15, 0.2) is 0 Å². The van der Waals surface area contributed by atoms with Gasteiger partial charge in [-0.3, -0.25) is 4.68 Å². The van der Waals surface area contributed by atoms with E-state index >= 15 is 0 Å². The SMILES string of the molecule is CNC(Cc1cn(C)nn1)C1C2C3CCC(C3)C21. The minimum atomic E-state index is 0.611. The molecule has 4 rings (SSSR count). The molecule has 98 valence electrons. The van der Waals surface area contributed by atoms with E-state index in [0.29, 0.717) is 6.04 Å². The first-order chi connectivity index (χ1) is 8.78. The first-order valence-corrected chi connectivity index (χ1v) is 7.30. The molecule has 5 atom stereocenters. The number of likely N-dealkylation sites (N-methyl/N-ethyl adjacent to an activating group) is 1. The summed E-state index contributed by atoms with van der Waals surface area (Å²) in [5.74, 6) is 5.12. The van der Waals surface area contributed by atoms with Crippen molar-refractivity contribution in [2.24, 2.45) is 36.6 Å². The number of nitrogens with zero attached hydrogens (tertiary/aromatic N) is 3. The molecular weight excluding hydrogens is 224 g/mol. The largest absolute Gasteiger partial charge is 0.316 e. The highest BCUT2D eigenvalue weighted by Gasteiger charge is 2.66. The van der Waals surface area contributed by atoms with E-state index in [9.17, 15) is 0 Å². The summed E-state index contributed by atoms with van der Waals surface area (Å²) >= 11 is 0. The zero-order valence-electron chi connectivity index (χ0n) is 11.2. The van der Waals surface area contributed by atoms with Crippen LogP contribution in [-0.2, 0) is 13.5 Å². The van der Waals surface area contributed by atoms with E-state index in [4.69, 9.17) is 0 Å². The van der Waals surface area contributed by atoms with Crippen molar-refractivity contribution >= 4 is 0 Å². The molecule has 1 heterocycles. The first kappa shape index (κ1) is 11.0. The fourth-order valence-corrected chi connectivity index (χ4v) is 5.08. The fraction of sp³-hybridized carbons (Fsp3) is 0.857. The Labute approximate surface area is 108 Å². The van der Waals surface area contributed by atoms with E-state index < -0.39 is 0 Å². The molecule has 0 amide bonds. The van der Waals surface area contributed by atoms with Gasteiger partial charge in [0, 0.05) is 25.7 Å². The average molecular weight is 246 g/mol. The van der Waals surface area contributed by atoms with Crippen LogP contribution in [0.5, 0.6) is 0 Å². The van der Waals surface area contributed by atoms with Gasteiger partial charge in [-0.25, -0.2) is 0 Å². The Balaban J connectivity index is 1.47. The highest BCUT2D eigenvalue weighted by molar-refractivity contribution is 5.17. The third-order valence-electron chi connectivity index (χ3n) is 5.71. The van der Waals surface area contributed by atoms with Crippen LogP contribution < -0.4 is 5.32 Å². The molecule has 3 fully saturated rings. The molecule has 0 aromatic carbocycles. The number of hydrogen-bond donors (Lipinski definition) is 1. The maximum Gasteiger partial charge on any atom is 0.0842 e. The van der Waals surface area contributed by atoms with Gasteiger partial charge in [0.05, 0.1) is 5.69 Å². The Bertz CT molecular complexity index is 438. The topological polar surface area (TPSA) is 42.7 Å².